The fraction of sp³-hybridized carbons (Fsp3) is 0. The van der Waals surface area contributed by atoms with E-state index in [1.54, 1.807) is 0 Å². The van der Waals surface area contributed by atoms with Crippen molar-refractivity contribution in [2.75, 3.05) is 0 Å². The van der Waals surface area contributed by atoms with Crippen molar-refractivity contribution in [1.82, 2.24) is 0 Å². The van der Waals surface area contributed by atoms with Gasteiger partial charge in [-0.3, -0.25) is 0 Å². The molecule has 11 heavy (non-hydrogen) atoms. The summed E-state index contributed by atoms with van der Waals surface area (Å²) in [5.74, 6) is 0. The molecule has 0 aromatic carbocycles. The van der Waals surface area contributed by atoms with Crippen molar-refractivity contribution >= 4 is 163 Å². The van der Waals surface area contributed by atoms with E-state index < -0.39 is 0 Å². The van der Waals surface area contributed by atoms with Crippen LogP contribution in [-0.2, 0) is 0 Å². The SMILES string of the molecule is O.O.O.O.O.O.[B].[B].[Ba].[Ba].[Ba]. The summed E-state index contributed by atoms with van der Waals surface area (Å²) in [6.45, 7) is 0. The topological polar surface area (TPSA) is 189 Å². The third-order valence-electron chi connectivity index (χ3n) is 0. The van der Waals surface area contributed by atoms with Crippen LogP contribution in [-0.4, -0.2) is 196 Å². The van der Waals surface area contributed by atoms with Crippen LogP contribution in [0.5, 0.6) is 0 Å². The largest absolute Gasteiger partial charge is 0.412 e. The minimum absolute atomic E-state index is 0. The van der Waals surface area contributed by atoms with Crippen LogP contribution in [0.4, 0.5) is 0 Å². The molecule has 6 nitrogen and oxygen atoms in total. The first-order valence-corrected chi connectivity index (χ1v) is 0. The molecule has 0 heterocycles. The number of hydrogen-bond donors (Lipinski definition) is 0. The molecule has 0 saturated heterocycles. The molecule has 0 unspecified atom stereocenters. The molecule has 12 N–H and O–H groups in total. The van der Waals surface area contributed by atoms with E-state index in [-0.39, 0.29) is 196 Å². The van der Waals surface area contributed by atoms with E-state index in [4.69, 9.17) is 0 Å². The Labute approximate surface area is 191 Å². The van der Waals surface area contributed by atoms with Crippen LogP contribution in [0.15, 0.2) is 0 Å². The van der Waals surface area contributed by atoms with Crippen LogP contribution >= 0.6 is 0 Å². The van der Waals surface area contributed by atoms with Gasteiger partial charge < -0.3 is 32.9 Å². The summed E-state index contributed by atoms with van der Waals surface area (Å²) in [7, 11) is 0. The maximum atomic E-state index is 0. The third-order valence-corrected chi connectivity index (χ3v) is 0. The smallest absolute Gasteiger partial charge is 0 e. The van der Waals surface area contributed by atoms with Crippen molar-refractivity contribution in [3.05, 3.63) is 0 Å². The Balaban J connectivity index is 0. The van der Waals surface area contributed by atoms with Crippen molar-refractivity contribution in [3.63, 3.8) is 0 Å². The summed E-state index contributed by atoms with van der Waals surface area (Å²) in [4.78, 5) is 0. The van der Waals surface area contributed by atoms with Crippen molar-refractivity contribution < 1.29 is 32.9 Å². The molecule has 0 fully saturated rings. The Morgan fingerprint density at radius 3 is 0.273 bits per heavy atom. The number of rotatable bonds is 0. The Hall–Kier alpha value is 4.60. The van der Waals surface area contributed by atoms with E-state index in [1.165, 1.54) is 0 Å². The van der Waals surface area contributed by atoms with Gasteiger partial charge in [0.15, 0.2) is 0 Å². The molecule has 0 rings (SSSR count). The van der Waals surface area contributed by atoms with E-state index in [2.05, 4.69) is 0 Å². The van der Waals surface area contributed by atoms with Gasteiger partial charge in [-0.25, -0.2) is 0 Å². The molecule has 11 heteroatoms. The van der Waals surface area contributed by atoms with Gasteiger partial charge in [-0.05, 0) is 0 Å². The van der Waals surface area contributed by atoms with E-state index in [0.717, 1.165) is 0 Å². The fourth-order valence-corrected chi connectivity index (χ4v) is 0. The maximum Gasteiger partial charge on any atom is 0 e. The normalized spacial score (nSPS) is 0. The Morgan fingerprint density at radius 2 is 0.273 bits per heavy atom. The average Bonchev–Trinajstić information content (AvgIpc) is 0. The van der Waals surface area contributed by atoms with Gasteiger partial charge in [0.25, 0.3) is 0 Å². The summed E-state index contributed by atoms with van der Waals surface area (Å²) in [5.41, 5.74) is 0. The molecule has 0 aliphatic heterocycles. The van der Waals surface area contributed by atoms with Crippen LogP contribution in [0, 0.1) is 0 Å². The molecule has 0 saturated carbocycles. The Morgan fingerprint density at radius 1 is 0.273 bits per heavy atom. The Kier molecular flexibility index (Phi) is 1820. The molecule has 0 amide bonds. The summed E-state index contributed by atoms with van der Waals surface area (Å²) in [5, 5.41) is 0. The van der Waals surface area contributed by atoms with Crippen molar-refractivity contribution in [3.8, 4) is 0 Å². The second kappa shape index (κ2) is 128. The van der Waals surface area contributed by atoms with Gasteiger partial charge in [0.05, 0.1) is 0 Å². The standard InChI is InChI=1S/2B.3Ba.6H2O/h;;;;;6*1H2. The zero-order chi connectivity index (χ0) is 0. The minimum Gasteiger partial charge on any atom is -0.412 e. The second-order valence-electron chi connectivity index (χ2n) is 0. The quantitative estimate of drug-likeness (QED) is 0.264. The van der Waals surface area contributed by atoms with Crippen molar-refractivity contribution in [2.45, 2.75) is 0 Å². The molecule has 0 spiro atoms. The van der Waals surface area contributed by atoms with Crippen LogP contribution in [0.25, 0.3) is 0 Å². The molecule has 0 aliphatic rings. The molecule has 0 aliphatic carbocycles. The van der Waals surface area contributed by atoms with Gasteiger partial charge in [0.1, 0.15) is 0 Å². The summed E-state index contributed by atoms with van der Waals surface area (Å²) < 4.78 is 0. The fourth-order valence-electron chi connectivity index (χ4n) is 0. The van der Waals surface area contributed by atoms with Gasteiger partial charge in [0.2, 0.25) is 0 Å². The minimum atomic E-state index is 0. The summed E-state index contributed by atoms with van der Waals surface area (Å²) in [6, 6.07) is 0. The zero-order valence-electron chi connectivity index (χ0n) is 6.28. The van der Waals surface area contributed by atoms with Gasteiger partial charge in [0, 0.05) is 163 Å². The Bertz CT molecular complexity index is 15.8. The first-order chi connectivity index (χ1) is 0. The molecule has 0 atom stereocenters. The third kappa shape index (κ3) is 109. The van der Waals surface area contributed by atoms with Crippen molar-refractivity contribution in [2.24, 2.45) is 0 Å². The first-order valence-electron chi connectivity index (χ1n) is 0. The van der Waals surface area contributed by atoms with Crippen LogP contribution in [0.3, 0.4) is 0 Å². The monoisotopic (exact) mass is 544 g/mol. The molecule has 12 radical (unpaired) electrons. The van der Waals surface area contributed by atoms with Crippen LogP contribution in [0.1, 0.15) is 0 Å². The molecule has 60 valence electrons. The molecule has 0 bridgehead atoms. The first kappa shape index (κ1) is 157. The molecular formula is H12B2Ba3O6. The van der Waals surface area contributed by atoms with Crippen molar-refractivity contribution in [1.29, 1.82) is 0 Å². The summed E-state index contributed by atoms with van der Waals surface area (Å²) in [6.07, 6.45) is 0. The molecule has 0 aromatic rings. The van der Waals surface area contributed by atoms with Gasteiger partial charge in [-0.2, -0.15) is 0 Å². The van der Waals surface area contributed by atoms with E-state index in [9.17, 15) is 0 Å². The summed E-state index contributed by atoms with van der Waals surface area (Å²) >= 11 is 0. The second-order valence-corrected chi connectivity index (χ2v) is 0. The molecule has 0 aromatic heterocycles. The predicted molar refractivity (Wildman–Crippen MR) is 50.5 cm³/mol. The van der Waals surface area contributed by atoms with Crippen LogP contribution in [0.2, 0.25) is 0 Å². The predicted octanol–water partition coefficient (Wildman–Crippen LogP) is -6.85. The van der Waals surface area contributed by atoms with E-state index in [1.807, 2.05) is 0 Å². The maximum absolute atomic E-state index is 0. The van der Waals surface area contributed by atoms with Crippen LogP contribution < -0.4 is 0 Å². The van der Waals surface area contributed by atoms with E-state index >= 15 is 0 Å². The van der Waals surface area contributed by atoms with Gasteiger partial charge in [-0.1, -0.05) is 0 Å². The number of hydrogen-bond acceptors (Lipinski definition) is 0. The van der Waals surface area contributed by atoms with E-state index in [0.29, 0.717) is 0 Å². The zero-order valence-corrected chi connectivity index (χ0v) is 19.6. The average molecular weight is 542 g/mol. The molecular weight excluding hydrogens is 530 g/mol. The van der Waals surface area contributed by atoms with Gasteiger partial charge >= 0.3 is 0 Å². The van der Waals surface area contributed by atoms with Gasteiger partial charge in [-0.15, -0.1) is 0 Å².